The van der Waals surface area contributed by atoms with Crippen molar-refractivity contribution >= 4 is 34.5 Å². The molecule has 0 atom stereocenters. The minimum atomic E-state index is -0.423. The van der Waals surface area contributed by atoms with Crippen molar-refractivity contribution in [2.24, 2.45) is 21.1 Å². The average molecular weight is 401 g/mol. The van der Waals surface area contributed by atoms with E-state index in [1.807, 2.05) is 32.0 Å². The van der Waals surface area contributed by atoms with Gasteiger partial charge in [0.05, 0.1) is 0 Å². The zero-order valence-corrected chi connectivity index (χ0v) is 17.4. The van der Waals surface area contributed by atoms with Crippen molar-refractivity contribution in [3.8, 4) is 0 Å². The Balaban J connectivity index is 1.71. The Morgan fingerprint density at radius 1 is 1.07 bits per heavy atom. The Hall–Kier alpha value is -2.81. The number of rotatable bonds is 5. The number of amides is 1. The van der Waals surface area contributed by atoms with E-state index in [1.165, 1.54) is 28.9 Å². The van der Waals surface area contributed by atoms with Crippen molar-refractivity contribution in [2.45, 2.75) is 25.4 Å². The molecule has 1 N–H and O–H groups in total. The fourth-order valence-electron chi connectivity index (χ4n) is 2.97. The molecule has 148 valence electrons. The molecule has 3 aromatic rings. The van der Waals surface area contributed by atoms with Crippen LogP contribution < -0.4 is 16.6 Å². The molecule has 0 spiro atoms. The van der Waals surface area contributed by atoms with Gasteiger partial charge in [0.1, 0.15) is 0 Å². The van der Waals surface area contributed by atoms with Gasteiger partial charge in [-0.2, -0.15) is 0 Å². The maximum Gasteiger partial charge on any atom is 0.332 e. The molecule has 0 aliphatic rings. The third kappa shape index (κ3) is 3.62. The first-order chi connectivity index (χ1) is 13.2. The van der Waals surface area contributed by atoms with E-state index in [4.69, 9.17) is 0 Å². The highest BCUT2D eigenvalue weighted by Gasteiger charge is 2.17. The van der Waals surface area contributed by atoms with Gasteiger partial charge in [-0.1, -0.05) is 17.8 Å². The first-order valence-corrected chi connectivity index (χ1v) is 9.81. The van der Waals surface area contributed by atoms with Crippen molar-refractivity contribution in [3.05, 3.63) is 50.2 Å². The van der Waals surface area contributed by atoms with E-state index in [0.717, 1.165) is 15.8 Å². The van der Waals surface area contributed by atoms with Crippen molar-refractivity contribution < 1.29 is 4.79 Å². The fourth-order valence-corrected chi connectivity index (χ4v) is 3.87. The molecule has 0 saturated carbocycles. The normalized spacial score (nSPS) is 11.2. The van der Waals surface area contributed by atoms with Gasteiger partial charge in [-0.25, -0.2) is 9.78 Å². The highest BCUT2D eigenvalue weighted by atomic mass is 32.2. The summed E-state index contributed by atoms with van der Waals surface area (Å²) in [6, 6.07) is 5.81. The quantitative estimate of drug-likeness (QED) is 0.657. The molecule has 1 aromatic carbocycles. The van der Waals surface area contributed by atoms with E-state index in [1.54, 1.807) is 18.7 Å². The van der Waals surface area contributed by atoms with Crippen LogP contribution in [0.3, 0.4) is 0 Å². The molecule has 28 heavy (non-hydrogen) atoms. The largest absolute Gasteiger partial charge is 0.332 e. The molecule has 2 aromatic heterocycles. The first-order valence-electron chi connectivity index (χ1n) is 8.83. The van der Waals surface area contributed by atoms with E-state index in [-0.39, 0.29) is 11.4 Å². The molecule has 3 rings (SSSR count). The second-order valence-corrected chi connectivity index (χ2v) is 7.84. The summed E-state index contributed by atoms with van der Waals surface area (Å²) in [5.41, 5.74) is 2.97. The molecule has 0 fully saturated rings. The van der Waals surface area contributed by atoms with Crippen LogP contribution in [-0.4, -0.2) is 30.3 Å². The van der Waals surface area contributed by atoms with Gasteiger partial charge in [-0.05, 0) is 37.1 Å². The monoisotopic (exact) mass is 401 g/mol. The smallest absolute Gasteiger partial charge is 0.326 e. The lowest BCUT2D eigenvalue weighted by atomic mass is 10.1. The summed E-state index contributed by atoms with van der Waals surface area (Å²) >= 11 is 1.37. The molecule has 0 unspecified atom stereocenters. The molecule has 0 aliphatic carbocycles. The van der Waals surface area contributed by atoms with Gasteiger partial charge >= 0.3 is 5.69 Å². The van der Waals surface area contributed by atoms with Crippen molar-refractivity contribution in [1.82, 2.24) is 18.7 Å². The number of thioether (sulfide) groups is 1. The summed E-state index contributed by atoms with van der Waals surface area (Å²) in [5, 5.41) is 3.48. The summed E-state index contributed by atoms with van der Waals surface area (Å²) in [7, 11) is 4.80. The Morgan fingerprint density at radius 2 is 1.79 bits per heavy atom. The first kappa shape index (κ1) is 19.9. The van der Waals surface area contributed by atoms with Crippen LogP contribution in [0.1, 0.15) is 17.5 Å². The molecule has 0 aliphatic heterocycles. The summed E-state index contributed by atoms with van der Waals surface area (Å²) < 4.78 is 4.16. The predicted octanol–water partition coefficient (Wildman–Crippen LogP) is 1.71. The van der Waals surface area contributed by atoms with Crippen LogP contribution in [0.4, 0.5) is 5.69 Å². The van der Waals surface area contributed by atoms with Crippen LogP contribution >= 0.6 is 11.8 Å². The van der Waals surface area contributed by atoms with Gasteiger partial charge in [0.15, 0.2) is 16.3 Å². The molecular weight excluding hydrogens is 378 g/mol. The van der Waals surface area contributed by atoms with Gasteiger partial charge in [0, 0.05) is 39.0 Å². The van der Waals surface area contributed by atoms with Gasteiger partial charge < -0.3 is 9.88 Å². The average Bonchev–Trinajstić information content (AvgIpc) is 2.98. The Kier molecular flexibility index (Phi) is 5.46. The van der Waals surface area contributed by atoms with Crippen molar-refractivity contribution in [3.63, 3.8) is 0 Å². The number of aromatic nitrogens is 4. The lowest BCUT2D eigenvalue weighted by molar-refractivity contribution is -0.115. The summed E-state index contributed by atoms with van der Waals surface area (Å²) in [6.45, 7) is 4.03. The van der Waals surface area contributed by atoms with E-state index in [9.17, 15) is 14.4 Å². The third-order valence-electron chi connectivity index (χ3n) is 4.77. The van der Waals surface area contributed by atoms with Crippen molar-refractivity contribution in [1.29, 1.82) is 0 Å². The van der Waals surface area contributed by atoms with E-state index in [0.29, 0.717) is 23.0 Å². The topological polar surface area (TPSA) is 90.9 Å². The third-order valence-corrected chi connectivity index (χ3v) is 5.81. The highest BCUT2D eigenvalue weighted by Crippen LogP contribution is 2.21. The number of hydrogen-bond acceptors (Lipinski definition) is 5. The maximum absolute atomic E-state index is 12.3. The summed E-state index contributed by atoms with van der Waals surface area (Å²) in [5.74, 6) is 0.417. The zero-order chi connectivity index (χ0) is 20.6. The standard InChI is InChI=1S/C19H23N5O3S/c1-11-6-7-13(10-12(11)2)20-14(25)8-9-28-18-21-15-16(22(18)3)23(4)19(27)24(5)17(15)26/h6-7,10H,8-9H2,1-5H3,(H,20,25). The molecule has 2 heterocycles. The number of carbonyl (C=O) groups excluding carboxylic acids is 1. The molecule has 0 bridgehead atoms. The van der Waals surface area contributed by atoms with E-state index in [2.05, 4.69) is 10.3 Å². The number of nitrogens with zero attached hydrogens (tertiary/aromatic N) is 4. The lowest BCUT2D eigenvalue weighted by Crippen LogP contribution is -2.37. The van der Waals surface area contributed by atoms with Crippen molar-refractivity contribution in [2.75, 3.05) is 11.1 Å². The van der Waals surface area contributed by atoms with Gasteiger partial charge in [0.2, 0.25) is 5.91 Å². The maximum atomic E-state index is 12.3. The Labute approximate surface area is 166 Å². The number of imidazole rings is 1. The number of aryl methyl sites for hydroxylation is 4. The lowest BCUT2D eigenvalue weighted by Gasteiger charge is -2.08. The number of nitrogens with one attached hydrogen (secondary N) is 1. The molecule has 0 saturated heterocycles. The number of hydrogen-bond donors (Lipinski definition) is 1. The minimum absolute atomic E-state index is 0.0853. The number of benzene rings is 1. The molecule has 1 amide bonds. The fraction of sp³-hybridized carbons (Fsp3) is 0.368. The van der Waals surface area contributed by atoms with E-state index >= 15 is 0 Å². The number of anilines is 1. The van der Waals surface area contributed by atoms with Crippen LogP contribution in [0.2, 0.25) is 0 Å². The van der Waals surface area contributed by atoms with Gasteiger partial charge in [-0.3, -0.25) is 18.7 Å². The molecular formula is C19H23N5O3S. The minimum Gasteiger partial charge on any atom is -0.326 e. The van der Waals surface area contributed by atoms with Crippen LogP contribution in [0.5, 0.6) is 0 Å². The van der Waals surface area contributed by atoms with Crippen LogP contribution in [0.25, 0.3) is 11.2 Å². The number of carbonyl (C=O) groups is 1. The zero-order valence-electron chi connectivity index (χ0n) is 16.6. The molecule has 9 heteroatoms. The molecule has 8 nitrogen and oxygen atoms in total. The van der Waals surface area contributed by atoms with Crippen LogP contribution in [0, 0.1) is 13.8 Å². The highest BCUT2D eigenvalue weighted by molar-refractivity contribution is 7.99. The van der Waals surface area contributed by atoms with E-state index < -0.39 is 11.2 Å². The number of fused-ring (bicyclic) bond motifs is 1. The molecule has 0 radical (unpaired) electrons. The summed E-state index contributed by atoms with van der Waals surface area (Å²) in [4.78, 5) is 41.0. The van der Waals surface area contributed by atoms with Gasteiger partial charge in [0.25, 0.3) is 5.56 Å². The van der Waals surface area contributed by atoms with Gasteiger partial charge in [-0.15, -0.1) is 0 Å². The predicted molar refractivity (Wildman–Crippen MR) is 111 cm³/mol. The Bertz CT molecular complexity index is 1190. The second kappa shape index (κ2) is 7.67. The van der Waals surface area contributed by atoms with Crippen LogP contribution in [-0.2, 0) is 25.9 Å². The second-order valence-electron chi connectivity index (χ2n) is 6.78. The van der Waals surface area contributed by atoms with Crippen LogP contribution in [0.15, 0.2) is 32.9 Å². The summed E-state index contributed by atoms with van der Waals surface area (Å²) in [6.07, 6.45) is 0.303. The SMILES string of the molecule is Cc1ccc(NC(=O)CCSc2nc3c(=O)n(C)c(=O)n(C)c3n2C)cc1C. The Morgan fingerprint density at radius 3 is 2.46 bits per heavy atom.